The zero-order chi connectivity index (χ0) is 13.8. The maximum atomic E-state index is 12.0. The van der Waals surface area contributed by atoms with E-state index >= 15 is 0 Å². The van der Waals surface area contributed by atoms with Crippen molar-refractivity contribution in [2.24, 2.45) is 5.73 Å². The maximum Gasteiger partial charge on any atom is 0.261 e. The molecule has 98 valence electrons. The SMILES string of the molecule is COc1cc(C(N)=O)ccc1C(=O)Nc1nccs1. The van der Waals surface area contributed by atoms with Gasteiger partial charge < -0.3 is 10.5 Å². The van der Waals surface area contributed by atoms with Crippen molar-refractivity contribution in [2.75, 3.05) is 12.4 Å². The van der Waals surface area contributed by atoms with Gasteiger partial charge in [0.25, 0.3) is 5.91 Å². The Balaban J connectivity index is 2.28. The second kappa shape index (κ2) is 5.49. The van der Waals surface area contributed by atoms with Crippen molar-refractivity contribution in [1.29, 1.82) is 0 Å². The van der Waals surface area contributed by atoms with Gasteiger partial charge in [0.1, 0.15) is 5.75 Å². The highest BCUT2D eigenvalue weighted by Crippen LogP contribution is 2.22. The number of rotatable bonds is 4. The summed E-state index contributed by atoms with van der Waals surface area (Å²) in [7, 11) is 1.42. The summed E-state index contributed by atoms with van der Waals surface area (Å²) in [6.45, 7) is 0. The minimum atomic E-state index is -0.579. The molecule has 0 aliphatic rings. The van der Waals surface area contributed by atoms with Crippen LogP contribution < -0.4 is 15.8 Å². The van der Waals surface area contributed by atoms with Gasteiger partial charge in [-0.1, -0.05) is 0 Å². The second-order valence-corrected chi connectivity index (χ2v) is 4.47. The van der Waals surface area contributed by atoms with Gasteiger partial charge in [0.2, 0.25) is 5.91 Å². The van der Waals surface area contributed by atoms with Crippen LogP contribution in [0, 0.1) is 0 Å². The van der Waals surface area contributed by atoms with Gasteiger partial charge in [-0.05, 0) is 18.2 Å². The molecule has 0 aliphatic heterocycles. The number of aromatic nitrogens is 1. The van der Waals surface area contributed by atoms with Crippen LogP contribution in [0.2, 0.25) is 0 Å². The molecular weight excluding hydrogens is 266 g/mol. The molecule has 2 aromatic rings. The summed E-state index contributed by atoms with van der Waals surface area (Å²) >= 11 is 1.31. The third kappa shape index (κ3) is 2.89. The summed E-state index contributed by atoms with van der Waals surface area (Å²) in [5.41, 5.74) is 5.76. The van der Waals surface area contributed by atoms with Crippen molar-refractivity contribution < 1.29 is 14.3 Å². The van der Waals surface area contributed by atoms with Gasteiger partial charge in [-0.3, -0.25) is 14.9 Å². The first-order valence-electron chi connectivity index (χ1n) is 5.30. The molecule has 0 bridgehead atoms. The van der Waals surface area contributed by atoms with Gasteiger partial charge in [0.15, 0.2) is 5.13 Å². The number of ether oxygens (including phenoxy) is 1. The molecular formula is C12H11N3O3S. The lowest BCUT2D eigenvalue weighted by Crippen LogP contribution is -2.15. The van der Waals surface area contributed by atoms with Crippen LogP contribution in [-0.4, -0.2) is 23.9 Å². The van der Waals surface area contributed by atoms with Crippen LogP contribution in [0.25, 0.3) is 0 Å². The van der Waals surface area contributed by atoms with E-state index in [1.807, 2.05) is 0 Å². The lowest BCUT2D eigenvalue weighted by atomic mass is 10.1. The number of nitrogens with zero attached hydrogens (tertiary/aromatic N) is 1. The number of nitrogens with two attached hydrogens (primary N) is 1. The molecule has 0 fully saturated rings. The average Bonchev–Trinajstić information content (AvgIpc) is 2.90. The number of anilines is 1. The first-order valence-corrected chi connectivity index (χ1v) is 6.18. The summed E-state index contributed by atoms with van der Waals surface area (Å²) in [4.78, 5) is 27.1. The van der Waals surface area contributed by atoms with E-state index in [2.05, 4.69) is 10.3 Å². The molecule has 1 aromatic heterocycles. The summed E-state index contributed by atoms with van der Waals surface area (Å²) < 4.78 is 5.09. The summed E-state index contributed by atoms with van der Waals surface area (Å²) in [6.07, 6.45) is 1.59. The Morgan fingerprint density at radius 2 is 2.21 bits per heavy atom. The highest BCUT2D eigenvalue weighted by Gasteiger charge is 2.15. The van der Waals surface area contributed by atoms with Gasteiger partial charge in [-0.15, -0.1) is 11.3 Å². The molecule has 3 N–H and O–H groups in total. The Morgan fingerprint density at radius 3 is 2.79 bits per heavy atom. The van der Waals surface area contributed by atoms with E-state index in [0.29, 0.717) is 10.7 Å². The fourth-order valence-electron chi connectivity index (χ4n) is 1.48. The quantitative estimate of drug-likeness (QED) is 0.885. The van der Waals surface area contributed by atoms with Crippen LogP contribution in [0.4, 0.5) is 5.13 Å². The van der Waals surface area contributed by atoms with E-state index < -0.39 is 5.91 Å². The van der Waals surface area contributed by atoms with Gasteiger partial charge in [0.05, 0.1) is 12.7 Å². The Morgan fingerprint density at radius 1 is 1.42 bits per heavy atom. The number of carbonyl (C=O) groups excluding carboxylic acids is 2. The lowest BCUT2D eigenvalue weighted by molar-refractivity contribution is 0.0993. The average molecular weight is 277 g/mol. The smallest absolute Gasteiger partial charge is 0.261 e. The van der Waals surface area contributed by atoms with Crippen LogP contribution >= 0.6 is 11.3 Å². The molecule has 2 amide bonds. The molecule has 7 heteroatoms. The van der Waals surface area contributed by atoms with Crippen molar-refractivity contribution in [3.05, 3.63) is 40.9 Å². The zero-order valence-electron chi connectivity index (χ0n) is 10.0. The Hall–Kier alpha value is -2.41. The lowest BCUT2D eigenvalue weighted by Gasteiger charge is -2.08. The standard InChI is InChI=1S/C12H11N3O3S/c1-18-9-6-7(10(13)16)2-3-8(9)11(17)15-12-14-4-5-19-12/h2-6H,1H3,(H2,13,16)(H,14,15,17). The van der Waals surface area contributed by atoms with Gasteiger partial charge in [-0.25, -0.2) is 4.98 Å². The number of methoxy groups -OCH3 is 1. The van der Waals surface area contributed by atoms with Crippen molar-refractivity contribution >= 4 is 28.3 Å². The number of thiazole rings is 1. The molecule has 6 nitrogen and oxygen atoms in total. The Bertz CT molecular complexity index is 611. The van der Waals surface area contributed by atoms with E-state index in [0.717, 1.165) is 0 Å². The van der Waals surface area contributed by atoms with Crippen molar-refractivity contribution in [1.82, 2.24) is 4.98 Å². The molecule has 0 spiro atoms. The van der Waals surface area contributed by atoms with E-state index in [-0.39, 0.29) is 17.2 Å². The molecule has 0 atom stereocenters. The summed E-state index contributed by atoms with van der Waals surface area (Å²) in [6, 6.07) is 4.39. The molecule has 0 aliphatic carbocycles. The molecule has 2 rings (SSSR count). The van der Waals surface area contributed by atoms with E-state index in [9.17, 15) is 9.59 Å². The predicted octanol–water partition coefficient (Wildman–Crippen LogP) is 1.50. The number of amides is 2. The monoisotopic (exact) mass is 277 g/mol. The minimum Gasteiger partial charge on any atom is -0.496 e. The third-order valence-corrected chi connectivity index (χ3v) is 3.07. The van der Waals surface area contributed by atoms with Crippen molar-refractivity contribution in [3.63, 3.8) is 0 Å². The molecule has 0 saturated heterocycles. The molecule has 0 saturated carbocycles. The molecule has 1 aromatic carbocycles. The summed E-state index contributed by atoms with van der Waals surface area (Å²) in [5.74, 6) is -0.654. The molecule has 1 heterocycles. The minimum absolute atomic E-state index is 0.280. The summed E-state index contributed by atoms with van der Waals surface area (Å²) in [5, 5.41) is 4.88. The van der Waals surface area contributed by atoms with Gasteiger partial charge in [-0.2, -0.15) is 0 Å². The van der Waals surface area contributed by atoms with E-state index in [1.165, 1.54) is 36.6 Å². The van der Waals surface area contributed by atoms with Crippen LogP contribution in [0.15, 0.2) is 29.8 Å². The Kier molecular flexibility index (Phi) is 3.76. The normalized spacial score (nSPS) is 9.95. The second-order valence-electron chi connectivity index (χ2n) is 3.57. The number of benzene rings is 1. The first kappa shape index (κ1) is 13.0. The highest BCUT2D eigenvalue weighted by atomic mass is 32.1. The van der Waals surface area contributed by atoms with Crippen LogP contribution in [0.1, 0.15) is 20.7 Å². The van der Waals surface area contributed by atoms with Crippen LogP contribution in [0.3, 0.4) is 0 Å². The first-order chi connectivity index (χ1) is 9.11. The zero-order valence-corrected chi connectivity index (χ0v) is 10.9. The highest BCUT2D eigenvalue weighted by molar-refractivity contribution is 7.13. The number of primary amides is 1. The predicted molar refractivity (Wildman–Crippen MR) is 71.6 cm³/mol. The Labute approximate surface area is 113 Å². The topological polar surface area (TPSA) is 94.3 Å². The molecule has 0 radical (unpaired) electrons. The fraction of sp³-hybridized carbons (Fsp3) is 0.0833. The van der Waals surface area contributed by atoms with Gasteiger partial charge >= 0.3 is 0 Å². The number of carbonyl (C=O) groups is 2. The molecule has 19 heavy (non-hydrogen) atoms. The third-order valence-electron chi connectivity index (χ3n) is 2.38. The van der Waals surface area contributed by atoms with Gasteiger partial charge in [0, 0.05) is 17.1 Å². The van der Waals surface area contributed by atoms with E-state index in [4.69, 9.17) is 10.5 Å². The fourth-order valence-corrected chi connectivity index (χ4v) is 2.01. The van der Waals surface area contributed by atoms with Crippen molar-refractivity contribution in [2.45, 2.75) is 0 Å². The van der Waals surface area contributed by atoms with Crippen LogP contribution in [0.5, 0.6) is 5.75 Å². The van der Waals surface area contributed by atoms with Crippen LogP contribution in [-0.2, 0) is 0 Å². The van der Waals surface area contributed by atoms with E-state index in [1.54, 1.807) is 11.6 Å². The number of hydrogen-bond acceptors (Lipinski definition) is 5. The molecule has 0 unspecified atom stereocenters. The maximum absolute atomic E-state index is 12.0. The number of hydrogen-bond donors (Lipinski definition) is 2. The van der Waals surface area contributed by atoms with Crippen molar-refractivity contribution in [3.8, 4) is 5.75 Å². The number of nitrogens with one attached hydrogen (secondary N) is 1. The largest absolute Gasteiger partial charge is 0.496 e.